The summed E-state index contributed by atoms with van der Waals surface area (Å²) < 4.78 is 16.8. The summed E-state index contributed by atoms with van der Waals surface area (Å²) in [7, 11) is 0. The van der Waals surface area contributed by atoms with E-state index in [9.17, 15) is 14.4 Å². The molecule has 0 bridgehead atoms. The van der Waals surface area contributed by atoms with Crippen LogP contribution < -0.4 is 0 Å². The molecule has 0 heterocycles. The largest absolute Gasteiger partial charge is 0.462 e. The van der Waals surface area contributed by atoms with Crippen molar-refractivity contribution in [3.8, 4) is 0 Å². The van der Waals surface area contributed by atoms with Crippen LogP contribution in [0, 0.1) is 0 Å². The molecule has 1 atom stereocenters. The van der Waals surface area contributed by atoms with Crippen molar-refractivity contribution >= 4 is 17.9 Å². The van der Waals surface area contributed by atoms with E-state index < -0.39 is 12.1 Å². The average molecular weight is 1140 g/mol. The number of hydrogen-bond donors (Lipinski definition) is 0. The first-order chi connectivity index (χ1) is 41.0. The standard InChI is InChI=1S/C77H122O6/c1-4-7-10-13-16-19-22-25-27-29-31-32-33-34-35-36-37-38-39-40-41-42-43-44-46-47-49-52-55-58-61-64-67-70-76(79)82-73-74(72-81-75(78)69-66-63-60-57-54-51-24-21-18-15-12-9-6-3)83-77(80)71-68-65-62-59-56-53-50-48-45-30-28-26-23-20-17-14-11-8-5-2/h7-12,16-21,25-28,31-32,34-35,45,48,51,53-54,56,62,65,74H,4-6,13-15,22-24,29-30,33,36-44,46-47,49-50,52,55,57-61,63-64,66-73H2,1-3H3/b10-7-,11-8-,12-9-,19-16-,20-17-,21-18-,27-25-,28-26-,32-31-,35-34-,48-45-,54-51-,56-53-,65-62-. The SMILES string of the molecule is CC/C=C\C/C=C\C/C=C\C/C=C\C/C=C\C/C=C\CCC(=O)OC(COC(=O)CCCCC/C=C\C/C=C\C/C=C\CC)COC(=O)CCCCCCCCCCCCCCCCCCC/C=C\C/C=C\C/C=C\C/C=C\C/C=C\CC. The molecular weight excluding hydrogens is 1020 g/mol. The third-order valence-electron chi connectivity index (χ3n) is 13.7. The Hall–Kier alpha value is -5.23. The zero-order chi connectivity index (χ0) is 59.9. The van der Waals surface area contributed by atoms with E-state index in [0.717, 1.165) is 135 Å². The molecule has 0 aliphatic heterocycles. The number of carbonyl (C=O) groups excluding carboxylic acids is 3. The second kappa shape index (κ2) is 69.3. The smallest absolute Gasteiger partial charge is 0.306 e. The lowest BCUT2D eigenvalue weighted by atomic mass is 10.0. The quantitative estimate of drug-likeness (QED) is 0.0261. The number of hydrogen-bond acceptors (Lipinski definition) is 6. The van der Waals surface area contributed by atoms with Crippen LogP contribution in [0.25, 0.3) is 0 Å². The summed E-state index contributed by atoms with van der Waals surface area (Å²) >= 11 is 0. The average Bonchev–Trinajstić information content (AvgIpc) is 3.49. The molecule has 466 valence electrons. The number of rotatable bonds is 59. The van der Waals surface area contributed by atoms with Gasteiger partial charge in [0, 0.05) is 19.3 Å². The molecular formula is C77H122O6. The maximum Gasteiger partial charge on any atom is 0.306 e. The van der Waals surface area contributed by atoms with Crippen LogP contribution in [0.1, 0.15) is 278 Å². The van der Waals surface area contributed by atoms with Crippen LogP contribution in [0.3, 0.4) is 0 Å². The van der Waals surface area contributed by atoms with Crippen molar-refractivity contribution in [2.45, 2.75) is 284 Å². The van der Waals surface area contributed by atoms with Gasteiger partial charge in [-0.15, -0.1) is 0 Å². The van der Waals surface area contributed by atoms with Crippen LogP contribution in [0.5, 0.6) is 0 Å². The molecule has 6 nitrogen and oxygen atoms in total. The second-order valence-electron chi connectivity index (χ2n) is 21.6. The van der Waals surface area contributed by atoms with Crippen molar-refractivity contribution in [3.63, 3.8) is 0 Å². The van der Waals surface area contributed by atoms with E-state index in [0.29, 0.717) is 19.3 Å². The minimum atomic E-state index is -0.838. The number of unbranched alkanes of at least 4 members (excludes halogenated alkanes) is 20. The van der Waals surface area contributed by atoms with Crippen molar-refractivity contribution in [1.29, 1.82) is 0 Å². The predicted molar refractivity (Wildman–Crippen MR) is 361 cm³/mol. The van der Waals surface area contributed by atoms with E-state index >= 15 is 0 Å². The maximum absolute atomic E-state index is 12.9. The summed E-state index contributed by atoms with van der Waals surface area (Å²) in [5.41, 5.74) is 0. The van der Waals surface area contributed by atoms with E-state index in [2.05, 4.69) is 179 Å². The molecule has 0 N–H and O–H groups in total. The normalized spacial score (nSPS) is 13.2. The first-order valence-electron chi connectivity index (χ1n) is 33.6. The highest BCUT2D eigenvalue weighted by atomic mass is 16.6. The Kier molecular flexibility index (Phi) is 64.9. The van der Waals surface area contributed by atoms with E-state index in [4.69, 9.17) is 14.2 Å². The van der Waals surface area contributed by atoms with Crippen molar-refractivity contribution in [2.75, 3.05) is 13.2 Å². The minimum absolute atomic E-state index is 0.123. The summed E-state index contributed by atoms with van der Waals surface area (Å²) in [5.74, 6) is -1.04. The molecule has 0 aliphatic carbocycles. The molecule has 0 spiro atoms. The molecule has 83 heavy (non-hydrogen) atoms. The van der Waals surface area contributed by atoms with Gasteiger partial charge in [0.05, 0.1) is 0 Å². The van der Waals surface area contributed by atoms with Crippen LogP contribution in [0.2, 0.25) is 0 Å². The van der Waals surface area contributed by atoms with Gasteiger partial charge in [-0.25, -0.2) is 0 Å². The number of allylic oxidation sites excluding steroid dienone is 28. The molecule has 0 aromatic carbocycles. The van der Waals surface area contributed by atoms with Gasteiger partial charge in [-0.1, -0.05) is 294 Å². The molecule has 0 saturated heterocycles. The van der Waals surface area contributed by atoms with E-state index in [1.807, 2.05) is 12.2 Å². The van der Waals surface area contributed by atoms with Crippen LogP contribution in [0.4, 0.5) is 0 Å². The fraction of sp³-hybridized carbons (Fsp3) is 0.597. The maximum atomic E-state index is 12.9. The van der Waals surface area contributed by atoms with Gasteiger partial charge in [-0.3, -0.25) is 14.4 Å². The van der Waals surface area contributed by atoms with Crippen LogP contribution >= 0.6 is 0 Å². The van der Waals surface area contributed by atoms with Crippen molar-refractivity contribution in [2.24, 2.45) is 0 Å². The van der Waals surface area contributed by atoms with Gasteiger partial charge in [-0.2, -0.15) is 0 Å². The van der Waals surface area contributed by atoms with E-state index in [1.54, 1.807) is 0 Å². The molecule has 0 amide bonds. The monoisotopic (exact) mass is 1140 g/mol. The highest BCUT2D eigenvalue weighted by molar-refractivity contribution is 5.71. The van der Waals surface area contributed by atoms with E-state index in [-0.39, 0.29) is 31.6 Å². The van der Waals surface area contributed by atoms with Gasteiger partial charge in [0.1, 0.15) is 13.2 Å². The summed E-state index contributed by atoms with van der Waals surface area (Å²) in [5, 5.41) is 0. The molecule has 0 aromatic heterocycles. The van der Waals surface area contributed by atoms with Crippen molar-refractivity contribution in [3.05, 3.63) is 170 Å². The zero-order valence-corrected chi connectivity index (χ0v) is 53.4. The topological polar surface area (TPSA) is 78.9 Å². The van der Waals surface area contributed by atoms with Gasteiger partial charge < -0.3 is 14.2 Å². The molecule has 0 aromatic rings. The molecule has 0 fully saturated rings. The lowest BCUT2D eigenvalue weighted by molar-refractivity contribution is -0.166. The fourth-order valence-electron chi connectivity index (χ4n) is 8.80. The first kappa shape index (κ1) is 77.8. The lowest BCUT2D eigenvalue weighted by Gasteiger charge is -2.18. The van der Waals surface area contributed by atoms with E-state index in [1.165, 1.54) is 96.3 Å². The Labute approximate surface area is 511 Å². The Morgan fingerprint density at radius 3 is 0.735 bits per heavy atom. The summed E-state index contributed by atoms with van der Waals surface area (Å²) in [6.45, 7) is 6.21. The van der Waals surface area contributed by atoms with Gasteiger partial charge in [0.25, 0.3) is 0 Å². The Balaban J connectivity index is 4.31. The first-order valence-corrected chi connectivity index (χ1v) is 33.6. The highest BCUT2D eigenvalue weighted by Gasteiger charge is 2.19. The Morgan fingerprint density at radius 1 is 0.241 bits per heavy atom. The highest BCUT2D eigenvalue weighted by Crippen LogP contribution is 2.16. The van der Waals surface area contributed by atoms with Gasteiger partial charge >= 0.3 is 17.9 Å². The van der Waals surface area contributed by atoms with Crippen LogP contribution in [0.15, 0.2) is 170 Å². The van der Waals surface area contributed by atoms with Gasteiger partial charge in [-0.05, 0) is 135 Å². The molecule has 1 unspecified atom stereocenters. The molecule has 0 aliphatic rings. The number of esters is 3. The second-order valence-corrected chi connectivity index (χ2v) is 21.6. The summed E-state index contributed by atoms with van der Waals surface area (Å²) in [6, 6.07) is 0. The van der Waals surface area contributed by atoms with Crippen LogP contribution in [-0.4, -0.2) is 37.2 Å². The summed E-state index contributed by atoms with van der Waals surface area (Å²) in [4.78, 5) is 38.3. The minimum Gasteiger partial charge on any atom is -0.462 e. The summed E-state index contributed by atoms with van der Waals surface area (Å²) in [6.07, 6.45) is 103. The molecule has 0 saturated carbocycles. The molecule has 6 heteroatoms. The van der Waals surface area contributed by atoms with Gasteiger partial charge in [0.15, 0.2) is 6.10 Å². The lowest BCUT2D eigenvalue weighted by Crippen LogP contribution is -2.30. The zero-order valence-electron chi connectivity index (χ0n) is 53.4. The predicted octanol–water partition coefficient (Wildman–Crippen LogP) is 23.4. The Morgan fingerprint density at radius 2 is 0.458 bits per heavy atom. The third kappa shape index (κ3) is 67.4. The van der Waals surface area contributed by atoms with Crippen molar-refractivity contribution in [1.82, 2.24) is 0 Å². The molecule has 0 radical (unpaired) electrons. The molecule has 0 rings (SSSR count). The fourth-order valence-corrected chi connectivity index (χ4v) is 8.80. The van der Waals surface area contributed by atoms with Crippen LogP contribution in [-0.2, 0) is 28.6 Å². The van der Waals surface area contributed by atoms with Crippen molar-refractivity contribution < 1.29 is 28.6 Å². The third-order valence-corrected chi connectivity index (χ3v) is 13.7. The number of carbonyl (C=O) groups is 3. The number of ether oxygens (including phenoxy) is 3. The Bertz CT molecular complexity index is 1890. The van der Waals surface area contributed by atoms with Gasteiger partial charge in [0.2, 0.25) is 0 Å².